The number of nitrogen functional groups attached to an aromatic ring is 2. The second kappa shape index (κ2) is 23.8. The SMILES string of the molecule is Nc1ccc2cc(S(=O)(=O)O)cc(O)c2c1/N=N/c1c(NC(=O)CCC(=O)Nc2cccc(S(=O)(=O)O)c2/N=N/c2c(N)ccc3cc(S(=O)(=O)O)cc(O)c23)cccc1S(=O)(=O)O.[NaH].[NaH].[NaH].[NaH]. The van der Waals surface area contributed by atoms with Crippen molar-refractivity contribution in [1.82, 2.24) is 0 Å². The third kappa shape index (κ3) is 14.2. The first kappa shape index (κ1) is 60.9. The predicted molar refractivity (Wildman–Crippen MR) is 256 cm³/mol. The average Bonchev–Trinajstić information content (AvgIpc) is 3.18. The number of hydrogen-bond acceptors (Lipinski definition) is 18. The van der Waals surface area contributed by atoms with Crippen LogP contribution in [0.25, 0.3) is 21.5 Å². The molecule has 12 N–H and O–H groups in total. The van der Waals surface area contributed by atoms with Gasteiger partial charge in [0.25, 0.3) is 40.5 Å². The van der Waals surface area contributed by atoms with Crippen LogP contribution in [0.2, 0.25) is 0 Å². The van der Waals surface area contributed by atoms with Gasteiger partial charge < -0.3 is 32.3 Å². The number of nitrogens with two attached hydrogens (primary N) is 2. The number of phenolic OH excluding ortho intramolecular Hbond substituents is 2. The summed E-state index contributed by atoms with van der Waals surface area (Å²) in [5.41, 5.74) is 9.04. The number of azo groups is 2. The van der Waals surface area contributed by atoms with Crippen molar-refractivity contribution in [2.75, 3.05) is 22.1 Å². The zero-order valence-corrected chi connectivity index (χ0v) is 35.1. The number of carbonyl (C=O) groups excluding carboxylic acids is 2. The zero-order valence-electron chi connectivity index (χ0n) is 31.8. The molecule has 342 valence electrons. The number of hydrogen-bond donors (Lipinski definition) is 10. The van der Waals surface area contributed by atoms with E-state index in [0.717, 1.165) is 48.5 Å². The summed E-state index contributed by atoms with van der Waals surface area (Å²) in [7, 11) is -19.7. The molecule has 0 aliphatic rings. The number of fused-ring (bicyclic) bond motifs is 2. The molecule has 0 bridgehead atoms. The fourth-order valence-corrected chi connectivity index (χ4v) is 8.43. The Morgan fingerprint density at radius 2 is 0.794 bits per heavy atom. The normalized spacial score (nSPS) is 11.9. The van der Waals surface area contributed by atoms with Gasteiger partial charge in [0.2, 0.25) is 11.8 Å². The number of nitrogens with one attached hydrogen (secondary N) is 2. The third-order valence-corrected chi connectivity index (χ3v) is 12.4. The summed E-state index contributed by atoms with van der Waals surface area (Å²) in [6, 6.07) is 14.7. The second-order valence-electron chi connectivity index (χ2n) is 13.3. The van der Waals surface area contributed by atoms with E-state index in [1.165, 1.54) is 24.3 Å². The van der Waals surface area contributed by atoms with Crippen LogP contribution in [-0.4, -0.2) is 192 Å². The quantitative estimate of drug-likeness (QED) is 0.0344. The summed E-state index contributed by atoms with van der Waals surface area (Å²) in [5.74, 6) is -3.35. The monoisotopic (exact) mass is 1050 g/mol. The molecule has 0 aliphatic heterocycles. The molecule has 32 heteroatoms. The summed E-state index contributed by atoms with van der Waals surface area (Å²) < 4.78 is 135. The van der Waals surface area contributed by atoms with Gasteiger partial charge in [0.15, 0.2) is 0 Å². The first-order chi connectivity index (χ1) is 29.7. The fourth-order valence-electron chi connectivity index (χ4n) is 6.06. The molecule has 0 unspecified atom stereocenters. The van der Waals surface area contributed by atoms with Crippen molar-refractivity contribution < 1.29 is 71.7 Å². The number of rotatable bonds is 13. The van der Waals surface area contributed by atoms with Crippen molar-refractivity contribution in [3.05, 3.63) is 84.9 Å². The Morgan fingerprint density at radius 3 is 1.10 bits per heavy atom. The maximum atomic E-state index is 13.2. The van der Waals surface area contributed by atoms with E-state index in [-0.39, 0.29) is 174 Å². The Hall–Kier alpha value is -3.18. The molecule has 0 atom stereocenters. The van der Waals surface area contributed by atoms with Crippen molar-refractivity contribution in [2.45, 2.75) is 32.4 Å². The van der Waals surface area contributed by atoms with Crippen LogP contribution in [0, 0.1) is 0 Å². The van der Waals surface area contributed by atoms with Crippen molar-refractivity contribution in [3.8, 4) is 11.5 Å². The molecule has 0 heterocycles. The molecule has 0 saturated heterocycles. The van der Waals surface area contributed by atoms with E-state index >= 15 is 0 Å². The maximum absolute atomic E-state index is 13.2. The van der Waals surface area contributed by atoms with E-state index in [0.29, 0.717) is 12.1 Å². The van der Waals surface area contributed by atoms with E-state index in [9.17, 15) is 71.7 Å². The molecule has 6 aromatic carbocycles. The van der Waals surface area contributed by atoms with E-state index < -0.39 is 108 Å². The van der Waals surface area contributed by atoms with Crippen LogP contribution in [-0.2, 0) is 50.1 Å². The van der Waals surface area contributed by atoms with Gasteiger partial charge >= 0.3 is 118 Å². The van der Waals surface area contributed by atoms with Crippen LogP contribution in [0.1, 0.15) is 12.8 Å². The van der Waals surface area contributed by atoms with Gasteiger partial charge in [-0.25, -0.2) is 0 Å². The molecule has 0 radical (unpaired) electrons. The van der Waals surface area contributed by atoms with Gasteiger partial charge in [0, 0.05) is 25.0 Å². The summed E-state index contributed by atoms with van der Waals surface area (Å²) in [6.07, 6.45) is -1.30. The molecular weight excluding hydrogens is 1020 g/mol. The summed E-state index contributed by atoms with van der Waals surface area (Å²) in [5, 5.41) is 41.2. The Labute approximate surface area is 474 Å². The molecule has 24 nitrogen and oxygen atoms in total. The van der Waals surface area contributed by atoms with Gasteiger partial charge in [-0.1, -0.05) is 24.3 Å². The number of nitrogens with zero attached hydrogens (tertiary/aromatic N) is 4. The van der Waals surface area contributed by atoms with Crippen LogP contribution in [0.3, 0.4) is 0 Å². The molecular formula is C36H34N8Na4O16S4. The van der Waals surface area contributed by atoms with Crippen LogP contribution >= 0.6 is 0 Å². The number of carbonyl (C=O) groups is 2. The molecule has 0 aromatic heterocycles. The molecule has 2 amide bonds. The Morgan fingerprint density at radius 1 is 0.471 bits per heavy atom. The van der Waals surface area contributed by atoms with Crippen LogP contribution < -0.4 is 22.1 Å². The Kier molecular flexibility index (Phi) is 21.3. The first-order valence-corrected chi connectivity index (χ1v) is 23.2. The fraction of sp³-hybridized carbons (Fsp3) is 0.0556. The van der Waals surface area contributed by atoms with Crippen molar-refractivity contribution >= 4 is 238 Å². The van der Waals surface area contributed by atoms with Gasteiger partial charge in [0.05, 0.1) is 43.3 Å². The molecule has 0 aliphatic carbocycles. The van der Waals surface area contributed by atoms with Crippen molar-refractivity contribution in [3.63, 3.8) is 0 Å². The third-order valence-electron chi connectivity index (χ3n) is 8.93. The van der Waals surface area contributed by atoms with Crippen molar-refractivity contribution in [2.24, 2.45) is 20.5 Å². The molecule has 6 aromatic rings. The predicted octanol–water partition coefficient (Wildman–Crippen LogP) is 3.15. The Bertz CT molecular complexity index is 3280. The molecule has 0 fully saturated rings. The zero-order chi connectivity index (χ0) is 47.1. The minimum absolute atomic E-state index is 0. The number of phenols is 2. The topological polar surface area (TPSA) is 418 Å². The number of amides is 2. The van der Waals surface area contributed by atoms with Crippen molar-refractivity contribution in [1.29, 1.82) is 0 Å². The van der Waals surface area contributed by atoms with E-state index in [1.807, 2.05) is 0 Å². The van der Waals surface area contributed by atoms with E-state index in [2.05, 4.69) is 31.1 Å². The van der Waals surface area contributed by atoms with Gasteiger partial charge in [-0.3, -0.25) is 27.8 Å². The van der Waals surface area contributed by atoms with Gasteiger partial charge in [-0.2, -0.15) is 33.7 Å². The summed E-state index contributed by atoms with van der Waals surface area (Å²) in [6.45, 7) is 0. The van der Waals surface area contributed by atoms with Gasteiger partial charge in [-0.05, 0) is 59.3 Å². The van der Waals surface area contributed by atoms with Gasteiger partial charge in [0.1, 0.15) is 44.0 Å². The minimum atomic E-state index is -5.07. The van der Waals surface area contributed by atoms with E-state index in [4.69, 9.17) is 11.5 Å². The standard InChI is InChI=1S/C36H30N8O16S4.4Na.4H/c37-21-9-7-17-13-19(61(49,50)51)15-25(45)31(17)33(21)41-43-35-23(3-1-5-27(35)63(55,56)57)39-29(47)11-12-30(48)40-24-4-2-6-28(64(58,59)60)36(24)44-42-34-22(38)10-8-18-14-20(62(52,53)54)16-26(46)32(18)34;;;;;;;;/h1-10,13-16,45-46H,11-12,37-38H2,(H,39,47)(H,40,48)(H,49,50,51)(H,52,53,54)(H,55,56,57)(H,58,59,60);;;;;;;;/b43-41+,44-42+;;;;;;;;. The van der Waals surface area contributed by atoms with Gasteiger partial charge in [-0.15, -0.1) is 20.5 Å². The molecule has 0 saturated carbocycles. The number of aromatic hydroxyl groups is 2. The summed E-state index contributed by atoms with van der Waals surface area (Å²) >= 11 is 0. The Balaban J connectivity index is 0.00000397. The number of anilines is 4. The molecule has 68 heavy (non-hydrogen) atoms. The first-order valence-electron chi connectivity index (χ1n) is 17.4. The molecule has 0 spiro atoms. The van der Waals surface area contributed by atoms with Crippen LogP contribution in [0.4, 0.5) is 45.5 Å². The summed E-state index contributed by atoms with van der Waals surface area (Å²) in [4.78, 5) is 23.3. The van der Waals surface area contributed by atoms with Crippen LogP contribution in [0.15, 0.2) is 125 Å². The average molecular weight is 1050 g/mol. The molecule has 6 rings (SSSR count). The van der Waals surface area contributed by atoms with Crippen LogP contribution in [0.5, 0.6) is 11.5 Å². The number of benzene rings is 6. The second-order valence-corrected chi connectivity index (χ2v) is 18.9. The van der Waals surface area contributed by atoms with E-state index in [1.54, 1.807) is 0 Å².